The van der Waals surface area contributed by atoms with E-state index in [1.54, 1.807) is 12.1 Å². The number of imidazole rings is 1. The second kappa shape index (κ2) is 8.62. The van der Waals surface area contributed by atoms with Gasteiger partial charge in [-0.05, 0) is 24.3 Å². The quantitative estimate of drug-likeness (QED) is 0.352. The van der Waals surface area contributed by atoms with Crippen molar-refractivity contribution in [3.05, 3.63) is 70.7 Å². The molecule has 0 atom stereocenters. The Labute approximate surface area is 172 Å². The molecule has 0 bridgehead atoms. The first kappa shape index (κ1) is 19.4. The average Bonchev–Trinajstić information content (AvgIpc) is 3.15. The van der Waals surface area contributed by atoms with Crippen LogP contribution >= 0.6 is 11.8 Å². The first-order valence-corrected chi connectivity index (χ1v) is 10.4. The molecule has 0 N–H and O–H groups in total. The molecule has 0 spiro atoms. The molecule has 29 heavy (non-hydrogen) atoms. The van der Waals surface area contributed by atoms with Gasteiger partial charge in [-0.15, -0.1) is 11.8 Å². The van der Waals surface area contributed by atoms with Gasteiger partial charge < -0.3 is 9.30 Å². The zero-order valence-corrected chi connectivity index (χ0v) is 16.6. The Morgan fingerprint density at radius 3 is 2.55 bits per heavy atom. The summed E-state index contributed by atoms with van der Waals surface area (Å²) in [4.78, 5) is 32.5. The maximum absolute atomic E-state index is 12.5. The first-order chi connectivity index (χ1) is 14.1. The molecule has 3 heterocycles. The number of hydrogen-bond acceptors (Lipinski definition) is 6. The van der Waals surface area contributed by atoms with Crippen LogP contribution in [0.2, 0.25) is 0 Å². The summed E-state index contributed by atoms with van der Waals surface area (Å²) in [5.74, 6) is 0.435. The summed E-state index contributed by atoms with van der Waals surface area (Å²) in [6.07, 6.45) is 4.04. The molecule has 3 aromatic rings. The molecule has 1 aromatic carbocycles. The standard InChI is InChI=1S/C20H21N5O3S/c26-20(15-29-18-6-4-17(5-7-18)25(27)28)23-11-9-22(10-12-23)13-16-14-24-8-2-1-3-19(24)21-16/h1-8,14H,9-13,15H2. The highest BCUT2D eigenvalue weighted by molar-refractivity contribution is 8.00. The Balaban J connectivity index is 1.24. The molecule has 150 valence electrons. The molecule has 1 amide bonds. The van der Waals surface area contributed by atoms with Crippen molar-refractivity contribution < 1.29 is 9.72 Å². The molecule has 2 aromatic heterocycles. The summed E-state index contributed by atoms with van der Waals surface area (Å²) in [5, 5.41) is 10.7. The summed E-state index contributed by atoms with van der Waals surface area (Å²) in [6.45, 7) is 3.82. The number of pyridine rings is 1. The van der Waals surface area contributed by atoms with E-state index in [9.17, 15) is 14.9 Å². The number of fused-ring (bicyclic) bond motifs is 1. The third kappa shape index (κ3) is 4.75. The van der Waals surface area contributed by atoms with E-state index in [-0.39, 0.29) is 11.6 Å². The van der Waals surface area contributed by atoms with Crippen LogP contribution < -0.4 is 0 Å². The van der Waals surface area contributed by atoms with E-state index < -0.39 is 4.92 Å². The van der Waals surface area contributed by atoms with E-state index in [1.807, 2.05) is 39.9 Å². The number of nitro groups is 1. The summed E-state index contributed by atoms with van der Waals surface area (Å²) < 4.78 is 2.02. The molecular formula is C20H21N5O3S. The van der Waals surface area contributed by atoms with E-state index in [4.69, 9.17) is 0 Å². The van der Waals surface area contributed by atoms with E-state index >= 15 is 0 Å². The largest absolute Gasteiger partial charge is 0.339 e. The topological polar surface area (TPSA) is 84.0 Å². The molecule has 0 saturated carbocycles. The maximum Gasteiger partial charge on any atom is 0.269 e. The number of hydrogen-bond donors (Lipinski definition) is 0. The van der Waals surface area contributed by atoms with Gasteiger partial charge >= 0.3 is 0 Å². The Morgan fingerprint density at radius 1 is 1.10 bits per heavy atom. The lowest BCUT2D eigenvalue weighted by molar-refractivity contribution is -0.384. The van der Waals surface area contributed by atoms with Crippen molar-refractivity contribution >= 4 is 29.0 Å². The minimum absolute atomic E-state index is 0.0578. The Bertz CT molecular complexity index is 979. The zero-order valence-electron chi connectivity index (χ0n) is 15.8. The number of aromatic nitrogens is 2. The lowest BCUT2D eigenvalue weighted by Gasteiger charge is -2.34. The lowest BCUT2D eigenvalue weighted by atomic mass is 10.3. The summed E-state index contributed by atoms with van der Waals surface area (Å²) in [6, 6.07) is 12.2. The second-order valence-electron chi connectivity index (χ2n) is 6.89. The van der Waals surface area contributed by atoms with Crippen molar-refractivity contribution in [3.8, 4) is 0 Å². The highest BCUT2D eigenvalue weighted by atomic mass is 32.2. The Kier molecular flexibility index (Phi) is 5.77. The Morgan fingerprint density at radius 2 is 1.86 bits per heavy atom. The van der Waals surface area contributed by atoms with Crippen molar-refractivity contribution in [1.82, 2.24) is 19.2 Å². The van der Waals surface area contributed by atoms with Gasteiger partial charge in [-0.2, -0.15) is 0 Å². The van der Waals surface area contributed by atoms with Crippen molar-refractivity contribution in [3.63, 3.8) is 0 Å². The van der Waals surface area contributed by atoms with Crippen LogP contribution in [0, 0.1) is 10.1 Å². The molecule has 8 nitrogen and oxygen atoms in total. The third-order valence-electron chi connectivity index (χ3n) is 4.93. The molecule has 0 radical (unpaired) electrons. The predicted molar refractivity (Wildman–Crippen MR) is 111 cm³/mol. The van der Waals surface area contributed by atoms with Crippen molar-refractivity contribution in [2.75, 3.05) is 31.9 Å². The van der Waals surface area contributed by atoms with Crippen LogP contribution in [-0.2, 0) is 11.3 Å². The van der Waals surface area contributed by atoms with Gasteiger partial charge in [-0.1, -0.05) is 6.07 Å². The molecule has 0 unspecified atom stereocenters. The summed E-state index contributed by atoms with van der Waals surface area (Å²) in [5.41, 5.74) is 2.03. The fraction of sp³-hybridized carbons (Fsp3) is 0.300. The van der Waals surface area contributed by atoms with Crippen LogP contribution in [0.1, 0.15) is 5.69 Å². The monoisotopic (exact) mass is 411 g/mol. The fourth-order valence-electron chi connectivity index (χ4n) is 3.35. The van der Waals surface area contributed by atoms with Crippen molar-refractivity contribution in [2.24, 2.45) is 0 Å². The van der Waals surface area contributed by atoms with Gasteiger partial charge in [0.25, 0.3) is 5.69 Å². The van der Waals surface area contributed by atoms with Gasteiger partial charge in [0.2, 0.25) is 5.91 Å². The zero-order chi connectivity index (χ0) is 20.2. The SMILES string of the molecule is O=C(CSc1ccc([N+](=O)[O-])cc1)N1CCN(Cc2cn3ccccc3n2)CC1. The van der Waals surface area contributed by atoms with Crippen LogP contribution in [-0.4, -0.2) is 61.9 Å². The lowest BCUT2D eigenvalue weighted by Crippen LogP contribution is -2.48. The molecule has 1 aliphatic rings. The van der Waals surface area contributed by atoms with Crippen LogP contribution in [0.3, 0.4) is 0 Å². The maximum atomic E-state index is 12.5. The third-order valence-corrected chi connectivity index (χ3v) is 5.93. The number of nitrogens with zero attached hydrogens (tertiary/aromatic N) is 5. The molecule has 0 aliphatic carbocycles. The number of thioether (sulfide) groups is 1. The molecule has 1 fully saturated rings. The number of piperazine rings is 1. The van der Waals surface area contributed by atoms with Crippen molar-refractivity contribution in [2.45, 2.75) is 11.4 Å². The molecular weight excluding hydrogens is 390 g/mol. The smallest absolute Gasteiger partial charge is 0.269 e. The minimum Gasteiger partial charge on any atom is -0.339 e. The number of benzene rings is 1. The second-order valence-corrected chi connectivity index (χ2v) is 7.94. The average molecular weight is 411 g/mol. The van der Waals surface area contributed by atoms with E-state index in [0.29, 0.717) is 18.8 Å². The number of carbonyl (C=O) groups is 1. The van der Waals surface area contributed by atoms with E-state index in [2.05, 4.69) is 9.88 Å². The van der Waals surface area contributed by atoms with Crippen molar-refractivity contribution in [1.29, 1.82) is 0 Å². The van der Waals surface area contributed by atoms with Crippen LogP contribution in [0.15, 0.2) is 59.8 Å². The highest BCUT2D eigenvalue weighted by Gasteiger charge is 2.21. The number of rotatable bonds is 6. The van der Waals surface area contributed by atoms with Crippen LogP contribution in [0.5, 0.6) is 0 Å². The molecule has 4 rings (SSSR count). The van der Waals surface area contributed by atoms with E-state index in [1.165, 1.54) is 23.9 Å². The van der Waals surface area contributed by atoms with Gasteiger partial charge in [0.1, 0.15) is 5.65 Å². The molecule has 1 saturated heterocycles. The minimum atomic E-state index is -0.425. The van der Waals surface area contributed by atoms with Gasteiger partial charge in [0.05, 0.1) is 16.4 Å². The van der Waals surface area contributed by atoms with E-state index in [0.717, 1.165) is 35.9 Å². The number of carbonyl (C=O) groups excluding carboxylic acids is 1. The van der Waals surface area contributed by atoms with Crippen LogP contribution in [0.4, 0.5) is 5.69 Å². The normalized spacial score (nSPS) is 15.0. The van der Waals surface area contributed by atoms with Crippen LogP contribution in [0.25, 0.3) is 5.65 Å². The molecule has 9 heteroatoms. The summed E-state index contributed by atoms with van der Waals surface area (Å²) >= 11 is 1.41. The fourth-order valence-corrected chi connectivity index (χ4v) is 4.15. The Hall–Kier alpha value is -2.91. The van der Waals surface area contributed by atoms with Gasteiger partial charge in [-0.3, -0.25) is 19.8 Å². The van der Waals surface area contributed by atoms with Gasteiger partial charge in [0, 0.05) is 62.1 Å². The van der Waals surface area contributed by atoms with Gasteiger partial charge in [0.15, 0.2) is 0 Å². The van der Waals surface area contributed by atoms with Gasteiger partial charge in [-0.25, -0.2) is 4.98 Å². The summed E-state index contributed by atoms with van der Waals surface area (Å²) in [7, 11) is 0. The number of non-ortho nitro benzene ring substituents is 1. The predicted octanol–water partition coefficient (Wildman–Crippen LogP) is 2.68. The first-order valence-electron chi connectivity index (χ1n) is 9.38. The molecule has 1 aliphatic heterocycles. The number of nitro benzene ring substituents is 1. The highest BCUT2D eigenvalue weighted by Crippen LogP contribution is 2.22. The number of amides is 1.